The Morgan fingerprint density at radius 2 is 2.36 bits per heavy atom. The summed E-state index contributed by atoms with van der Waals surface area (Å²) in [6, 6.07) is 0. The van der Waals surface area contributed by atoms with Gasteiger partial charge in [-0.3, -0.25) is 4.79 Å². The second kappa shape index (κ2) is 2.09. The molecule has 3 atom stereocenters. The van der Waals surface area contributed by atoms with E-state index in [0.717, 1.165) is 12.3 Å². The van der Waals surface area contributed by atoms with E-state index in [4.69, 9.17) is 0 Å². The van der Waals surface area contributed by atoms with Gasteiger partial charge in [-0.1, -0.05) is 20.3 Å². The van der Waals surface area contributed by atoms with Gasteiger partial charge in [0.2, 0.25) is 0 Å². The molecule has 2 fully saturated rings. The number of ketones is 1. The third-order valence-corrected chi connectivity index (χ3v) is 3.91. The molecule has 0 N–H and O–H groups in total. The van der Waals surface area contributed by atoms with Gasteiger partial charge in [-0.15, -0.1) is 0 Å². The maximum Gasteiger partial charge on any atom is 0.139 e. The molecule has 0 heterocycles. The van der Waals surface area contributed by atoms with Crippen LogP contribution in [0.2, 0.25) is 0 Å². The smallest absolute Gasteiger partial charge is 0.139 e. The summed E-state index contributed by atoms with van der Waals surface area (Å²) in [7, 11) is 0. The van der Waals surface area contributed by atoms with Gasteiger partial charge < -0.3 is 0 Å². The number of Topliss-reactive ketones (excluding diaryl/α,β-unsaturated/α-hetero) is 1. The van der Waals surface area contributed by atoms with Gasteiger partial charge in [-0.05, 0) is 24.7 Å². The van der Waals surface area contributed by atoms with E-state index in [1.54, 1.807) is 0 Å². The van der Waals surface area contributed by atoms with Crippen LogP contribution < -0.4 is 0 Å². The van der Waals surface area contributed by atoms with Gasteiger partial charge >= 0.3 is 0 Å². The number of rotatable bonds is 2. The van der Waals surface area contributed by atoms with Gasteiger partial charge in [0.15, 0.2) is 0 Å². The largest absolute Gasteiger partial charge is 0.299 e. The number of carbonyl (C=O) groups excluding carboxylic acids is 1. The van der Waals surface area contributed by atoms with E-state index in [9.17, 15) is 4.79 Å². The molecule has 0 aromatic carbocycles. The highest BCUT2D eigenvalue weighted by Crippen LogP contribution is 2.68. The molecule has 2 aliphatic carbocycles. The molecule has 0 amide bonds. The topological polar surface area (TPSA) is 17.1 Å². The molecule has 2 saturated carbocycles. The summed E-state index contributed by atoms with van der Waals surface area (Å²) >= 11 is 0. The van der Waals surface area contributed by atoms with Crippen molar-refractivity contribution >= 4 is 5.78 Å². The highest BCUT2D eigenvalue weighted by atomic mass is 16.1. The van der Waals surface area contributed by atoms with E-state index in [-0.39, 0.29) is 5.41 Å². The third kappa shape index (κ3) is 0.692. The van der Waals surface area contributed by atoms with E-state index in [1.165, 1.54) is 19.3 Å². The molecule has 62 valence electrons. The number of carbonyl (C=O) groups is 1. The fourth-order valence-electron chi connectivity index (χ4n) is 3.19. The summed E-state index contributed by atoms with van der Waals surface area (Å²) in [4.78, 5) is 11.6. The zero-order valence-corrected chi connectivity index (χ0v) is 7.39. The fraction of sp³-hybridized carbons (Fsp3) is 0.900. The summed E-state index contributed by atoms with van der Waals surface area (Å²) in [5.41, 5.74) is 0.189. The molecule has 0 saturated heterocycles. The van der Waals surface area contributed by atoms with E-state index in [0.29, 0.717) is 11.7 Å². The zero-order valence-electron chi connectivity index (χ0n) is 7.39. The first-order valence-corrected chi connectivity index (χ1v) is 4.76. The molecule has 11 heavy (non-hydrogen) atoms. The zero-order chi connectivity index (χ0) is 8.06. The van der Waals surface area contributed by atoms with Crippen molar-refractivity contribution in [3.05, 3.63) is 0 Å². The first kappa shape index (κ1) is 7.33. The lowest BCUT2D eigenvalue weighted by molar-refractivity contribution is -0.124. The minimum absolute atomic E-state index is 0.189. The van der Waals surface area contributed by atoms with Gasteiger partial charge in [-0.25, -0.2) is 0 Å². The molecule has 0 aromatic heterocycles. The first-order chi connectivity index (χ1) is 5.23. The van der Waals surface area contributed by atoms with Crippen molar-refractivity contribution in [2.75, 3.05) is 0 Å². The Kier molecular flexibility index (Phi) is 1.39. The lowest BCUT2D eigenvalue weighted by atomic mass is 9.93. The van der Waals surface area contributed by atoms with Crippen molar-refractivity contribution in [2.24, 2.45) is 17.3 Å². The van der Waals surface area contributed by atoms with Crippen LogP contribution in [0.4, 0.5) is 0 Å². The summed E-state index contributed by atoms with van der Waals surface area (Å²) in [6.07, 6.45) is 4.54. The van der Waals surface area contributed by atoms with Crippen LogP contribution in [0.3, 0.4) is 0 Å². The highest BCUT2D eigenvalue weighted by Gasteiger charge is 2.67. The van der Waals surface area contributed by atoms with Crippen molar-refractivity contribution in [2.45, 2.75) is 39.5 Å². The fourth-order valence-corrected chi connectivity index (χ4v) is 3.19. The van der Waals surface area contributed by atoms with Crippen LogP contribution in [0.5, 0.6) is 0 Å². The quantitative estimate of drug-likeness (QED) is 0.593. The van der Waals surface area contributed by atoms with Crippen LogP contribution in [0.25, 0.3) is 0 Å². The second-order valence-corrected chi connectivity index (χ2v) is 4.10. The molecule has 1 heteroatoms. The minimum atomic E-state index is 0.189. The summed E-state index contributed by atoms with van der Waals surface area (Å²) < 4.78 is 0. The van der Waals surface area contributed by atoms with E-state index in [1.807, 2.05) is 6.92 Å². The summed E-state index contributed by atoms with van der Waals surface area (Å²) in [5.74, 6) is 2.02. The Labute approximate surface area is 68.2 Å². The SMILES string of the molecule is CCC(=O)[C@]12CCC[C@@H]1[C@H]2C. The second-order valence-electron chi connectivity index (χ2n) is 4.10. The van der Waals surface area contributed by atoms with E-state index >= 15 is 0 Å². The van der Waals surface area contributed by atoms with Crippen LogP contribution in [0.1, 0.15) is 39.5 Å². The Hall–Kier alpha value is -0.330. The van der Waals surface area contributed by atoms with Crippen LogP contribution >= 0.6 is 0 Å². The number of fused-ring (bicyclic) bond motifs is 1. The molecule has 0 unspecified atom stereocenters. The average molecular weight is 152 g/mol. The van der Waals surface area contributed by atoms with E-state index < -0.39 is 0 Å². The summed E-state index contributed by atoms with van der Waals surface area (Å²) in [6.45, 7) is 4.24. The van der Waals surface area contributed by atoms with Crippen molar-refractivity contribution in [3.8, 4) is 0 Å². The van der Waals surface area contributed by atoms with Crippen LogP contribution in [0.15, 0.2) is 0 Å². The van der Waals surface area contributed by atoms with Crippen molar-refractivity contribution in [1.82, 2.24) is 0 Å². The molecule has 2 rings (SSSR count). The monoisotopic (exact) mass is 152 g/mol. The van der Waals surface area contributed by atoms with Crippen LogP contribution in [-0.4, -0.2) is 5.78 Å². The van der Waals surface area contributed by atoms with Gasteiger partial charge in [-0.2, -0.15) is 0 Å². The molecule has 0 spiro atoms. The molecular formula is C10H16O. The van der Waals surface area contributed by atoms with E-state index in [2.05, 4.69) is 6.92 Å². The third-order valence-electron chi connectivity index (χ3n) is 3.91. The van der Waals surface area contributed by atoms with Gasteiger partial charge in [0.25, 0.3) is 0 Å². The maximum atomic E-state index is 11.6. The van der Waals surface area contributed by atoms with Crippen LogP contribution in [0, 0.1) is 17.3 Å². The van der Waals surface area contributed by atoms with Gasteiger partial charge in [0.05, 0.1) is 0 Å². The Balaban J connectivity index is 2.17. The number of hydrogen-bond acceptors (Lipinski definition) is 1. The molecule has 1 nitrogen and oxygen atoms in total. The van der Waals surface area contributed by atoms with Crippen LogP contribution in [-0.2, 0) is 4.79 Å². The minimum Gasteiger partial charge on any atom is -0.299 e. The highest BCUT2D eigenvalue weighted by molar-refractivity contribution is 5.88. The van der Waals surface area contributed by atoms with Gasteiger partial charge in [0, 0.05) is 11.8 Å². The molecule has 2 aliphatic rings. The predicted molar refractivity (Wildman–Crippen MR) is 44.2 cm³/mol. The lowest BCUT2D eigenvalue weighted by Gasteiger charge is -2.09. The van der Waals surface area contributed by atoms with Crippen molar-refractivity contribution in [3.63, 3.8) is 0 Å². The van der Waals surface area contributed by atoms with Crippen molar-refractivity contribution < 1.29 is 4.79 Å². The molecule has 0 aliphatic heterocycles. The molecular weight excluding hydrogens is 136 g/mol. The normalized spacial score (nSPS) is 47.1. The van der Waals surface area contributed by atoms with Crippen molar-refractivity contribution in [1.29, 1.82) is 0 Å². The molecule has 0 aromatic rings. The average Bonchev–Trinajstić information content (AvgIpc) is 2.51. The maximum absolute atomic E-state index is 11.6. The molecule has 0 bridgehead atoms. The Bertz CT molecular complexity index is 197. The summed E-state index contributed by atoms with van der Waals surface area (Å²) in [5, 5.41) is 0. The molecule has 0 radical (unpaired) electrons. The standard InChI is InChI=1S/C10H16O/c1-3-9(11)10-6-4-5-8(10)7(10)2/h7-8H,3-6H2,1-2H3/t7-,8-,10+/m1/s1. The Morgan fingerprint density at radius 3 is 2.82 bits per heavy atom. The lowest BCUT2D eigenvalue weighted by Crippen LogP contribution is -2.15. The first-order valence-electron chi connectivity index (χ1n) is 4.76. The Morgan fingerprint density at radius 1 is 1.64 bits per heavy atom. The van der Waals surface area contributed by atoms with Gasteiger partial charge in [0.1, 0.15) is 5.78 Å². The number of hydrogen-bond donors (Lipinski definition) is 0. The predicted octanol–water partition coefficient (Wildman–Crippen LogP) is 2.40.